The molecule has 1 saturated heterocycles. The molecule has 4 heterocycles. The predicted molar refractivity (Wildman–Crippen MR) is 170 cm³/mol. The molecule has 13 heteroatoms. The van der Waals surface area contributed by atoms with Gasteiger partial charge in [-0.05, 0) is 50.0 Å². The molecule has 7 rings (SSSR count). The molecule has 3 aromatic rings. The van der Waals surface area contributed by atoms with E-state index in [4.69, 9.17) is 4.74 Å². The zero-order valence-electron chi connectivity index (χ0n) is 25.7. The van der Waals surface area contributed by atoms with E-state index in [1.807, 2.05) is 43.3 Å². The lowest BCUT2D eigenvalue weighted by atomic mass is 10.0. The second-order valence-corrected chi connectivity index (χ2v) is 15.1. The van der Waals surface area contributed by atoms with Gasteiger partial charge < -0.3 is 15.0 Å². The second kappa shape index (κ2) is 11.9. The van der Waals surface area contributed by atoms with Gasteiger partial charge in [-0.25, -0.2) is 18.4 Å². The van der Waals surface area contributed by atoms with Crippen LogP contribution in [0.15, 0.2) is 48.9 Å². The van der Waals surface area contributed by atoms with Crippen molar-refractivity contribution in [3.8, 4) is 5.88 Å². The molecule has 0 unspecified atom stereocenters. The Kier molecular flexibility index (Phi) is 7.90. The van der Waals surface area contributed by atoms with Gasteiger partial charge in [0, 0.05) is 35.2 Å². The SMILES string of the molecule is C[C@H]1CCCCC/C=C\[C@@H]2C[C@@]2(C(=O)NS(=O)(=O)C2CC2)NC(=O)[C@@H]2C[C@@H](Oc3nc4ncncc4c4ccccc34)CN2C1=O. The molecule has 2 saturated carbocycles. The molecule has 46 heavy (non-hydrogen) atoms. The minimum Gasteiger partial charge on any atom is -0.472 e. The largest absolute Gasteiger partial charge is 0.472 e. The van der Waals surface area contributed by atoms with Crippen molar-refractivity contribution in [2.45, 2.75) is 87.6 Å². The molecule has 0 spiro atoms. The summed E-state index contributed by atoms with van der Waals surface area (Å²) in [6, 6.07) is 6.74. The smallest absolute Gasteiger partial charge is 0.259 e. The highest BCUT2D eigenvalue weighted by Gasteiger charge is 2.62. The Balaban J connectivity index is 1.18. The van der Waals surface area contributed by atoms with Crippen molar-refractivity contribution in [1.82, 2.24) is 29.9 Å². The fourth-order valence-electron chi connectivity index (χ4n) is 6.81. The van der Waals surface area contributed by atoms with Crippen molar-refractivity contribution in [2.75, 3.05) is 6.54 Å². The quantitative estimate of drug-likeness (QED) is 0.313. The predicted octanol–water partition coefficient (Wildman–Crippen LogP) is 3.17. The van der Waals surface area contributed by atoms with Crippen LogP contribution in [0.3, 0.4) is 0 Å². The molecular formula is C33H38N6O6S. The van der Waals surface area contributed by atoms with Gasteiger partial charge in [0.25, 0.3) is 5.91 Å². The van der Waals surface area contributed by atoms with Gasteiger partial charge in [-0.1, -0.05) is 50.1 Å². The number of allylic oxidation sites excluding steroid dienone is 1. The zero-order valence-corrected chi connectivity index (χ0v) is 26.5. The number of carbonyl (C=O) groups is 3. The van der Waals surface area contributed by atoms with Crippen molar-refractivity contribution >= 4 is 49.6 Å². The average molecular weight is 647 g/mol. The van der Waals surface area contributed by atoms with Crippen molar-refractivity contribution < 1.29 is 27.5 Å². The Morgan fingerprint density at radius 2 is 1.89 bits per heavy atom. The van der Waals surface area contributed by atoms with Gasteiger partial charge in [-0.3, -0.25) is 19.1 Å². The number of nitrogens with zero attached hydrogens (tertiary/aromatic N) is 4. The summed E-state index contributed by atoms with van der Waals surface area (Å²) in [6.07, 6.45) is 12.3. The van der Waals surface area contributed by atoms with E-state index in [9.17, 15) is 22.8 Å². The van der Waals surface area contributed by atoms with Crippen molar-refractivity contribution in [2.24, 2.45) is 11.8 Å². The third-order valence-electron chi connectivity index (χ3n) is 9.74. The van der Waals surface area contributed by atoms with Crippen LogP contribution in [0.2, 0.25) is 0 Å². The summed E-state index contributed by atoms with van der Waals surface area (Å²) in [5, 5.41) is 4.76. The fourth-order valence-corrected chi connectivity index (χ4v) is 8.17. The molecule has 4 aliphatic rings. The van der Waals surface area contributed by atoms with E-state index in [-0.39, 0.29) is 37.1 Å². The Bertz CT molecular complexity index is 1840. The topological polar surface area (TPSA) is 161 Å². The zero-order chi connectivity index (χ0) is 32.1. The van der Waals surface area contributed by atoms with Crippen molar-refractivity contribution in [1.29, 1.82) is 0 Å². The van der Waals surface area contributed by atoms with Crippen LogP contribution in [-0.4, -0.2) is 75.5 Å². The molecule has 2 aliphatic heterocycles. The Hall–Kier alpha value is -4.13. The minimum atomic E-state index is -3.82. The van der Waals surface area contributed by atoms with Gasteiger partial charge in [-0.2, -0.15) is 4.98 Å². The van der Waals surface area contributed by atoms with Gasteiger partial charge in [0.1, 0.15) is 24.0 Å². The third kappa shape index (κ3) is 5.80. The number of nitrogens with one attached hydrogen (secondary N) is 2. The normalized spacial score (nSPS) is 29.6. The molecule has 0 radical (unpaired) electrons. The fraction of sp³-hybridized carbons (Fsp3) is 0.515. The van der Waals surface area contributed by atoms with E-state index < -0.39 is 44.8 Å². The number of amides is 3. The monoisotopic (exact) mass is 646 g/mol. The van der Waals surface area contributed by atoms with E-state index in [0.717, 1.165) is 41.8 Å². The number of hydrogen-bond acceptors (Lipinski definition) is 9. The molecule has 2 aliphatic carbocycles. The van der Waals surface area contributed by atoms with E-state index >= 15 is 0 Å². The third-order valence-corrected chi connectivity index (χ3v) is 11.6. The summed E-state index contributed by atoms with van der Waals surface area (Å²) in [4.78, 5) is 56.2. The van der Waals surface area contributed by atoms with E-state index in [1.165, 1.54) is 6.33 Å². The average Bonchev–Trinajstić information content (AvgIpc) is 3.97. The molecule has 12 nitrogen and oxygen atoms in total. The van der Waals surface area contributed by atoms with E-state index in [2.05, 4.69) is 25.0 Å². The molecule has 2 aromatic heterocycles. The van der Waals surface area contributed by atoms with Crippen LogP contribution < -0.4 is 14.8 Å². The molecule has 3 amide bonds. The summed E-state index contributed by atoms with van der Waals surface area (Å²) in [7, 11) is -3.82. The second-order valence-electron chi connectivity index (χ2n) is 13.1. The van der Waals surface area contributed by atoms with Crippen molar-refractivity contribution in [3.05, 3.63) is 48.9 Å². The minimum absolute atomic E-state index is 0.148. The highest BCUT2D eigenvalue weighted by atomic mass is 32.2. The van der Waals surface area contributed by atoms with Gasteiger partial charge in [-0.15, -0.1) is 0 Å². The lowest BCUT2D eigenvalue weighted by molar-refractivity contribution is -0.142. The molecule has 242 valence electrons. The highest BCUT2D eigenvalue weighted by molar-refractivity contribution is 7.91. The van der Waals surface area contributed by atoms with Crippen LogP contribution in [0.25, 0.3) is 21.8 Å². The first kappa shape index (κ1) is 30.5. The molecule has 2 N–H and O–H groups in total. The van der Waals surface area contributed by atoms with Gasteiger partial charge in [0.15, 0.2) is 5.65 Å². The first-order valence-electron chi connectivity index (χ1n) is 16.2. The lowest BCUT2D eigenvalue weighted by Crippen LogP contribution is -2.57. The van der Waals surface area contributed by atoms with Crippen LogP contribution in [0.5, 0.6) is 5.88 Å². The number of hydrogen-bond donors (Lipinski definition) is 2. The number of carbonyl (C=O) groups excluding carboxylic acids is 3. The maximum atomic E-state index is 14.1. The maximum Gasteiger partial charge on any atom is 0.259 e. The van der Waals surface area contributed by atoms with Gasteiger partial charge in [0.2, 0.25) is 27.7 Å². The number of rotatable bonds is 5. The summed E-state index contributed by atoms with van der Waals surface area (Å²) < 4.78 is 34.1. The lowest BCUT2D eigenvalue weighted by Gasteiger charge is -2.28. The summed E-state index contributed by atoms with van der Waals surface area (Å²) in [6.45, 7) is 2.05. The highest BCUT2D eigenvalue weighted by Crippen LogP contribution is 2.46. The van der Waals surface area contributed by atoms with E-state index in [1.54, 1.807) is 11.1 Å². The number of benzene rings is 1. The number of sulfonamides is 1. The van der Waals surface area contributed by atoms with Crippen LogP contribution in [0.4, 0.5) is 0 Å². The summed E-state index contributed by atoms with van der Waals surface area (Å²) in [5.41, 5.74) is -0.925. The Morgan fingerprint density at radius 3 is 2.70 bits per heavy atom. The van der Waals surface area contributed by atoms with Crippen molar-refractivity contribution in [3.63, 3.8) is 0 Å². The van der Waals surface area contributed by atoms with Crippen LogP contribution in [0.1, 0.15) is 64.7 Å². The Labute approximate surface area is 267 Å². The number of aromatic nitrogens is 3. The van der Waals surface area contributed by atoms with E-state index in [0.29, 0.717) is 30.8 Å². The summed E-state index contributed by atoms with van der Waals surface area (Å²) >= 11 is 0. The Morgan fingerprint density at radius 1 is 1.09 bits per heavy atom. The standard InChI is InChI=1S/C33H38N6O6S/c1-20-9-5-3-2-4-6-10-21-16-33(21,32(42)38-46(43,44)23-13-14-23)37-29(40)27-15-22(18-39(27)31(20)41)45-30-25-12-8-7-11-24(25)26-17-34-19-35-28(26)36-30/h6-8,10-12,17,19-23,27H,2-5,9,13-16,18H2,1H3,(H,37,40)(H,38,42)/b10-6-/t20-,21+,22+,27-,33+/m0/s1. The van der Waals surface area contributed by atoms with Crippen LogP contribution in [0, 0.1) is 11.8 Å². The maximum absolute atomic E-state index is 14.1. The number of pyridine rings is 1. The van der Waals surface area contributed by atoms with Crippen LogP contribution in [-0.2, 0) is 24.4 Å². The molecule has 5 atom stereocenters. The van der Waals surface area contributed by atoms with Crippen LogP contribution >= 0.6 is 0 Å². The first-order chi connectivity index (χ1) is 22.2. The molecule has 1 aromatic carbocycles. The molecule has 3 fully saturated rings. The summed E-state index contributed by atoms with van der Waals surface area (Å²) in [5.74, 6) is -1.67. The van der Waals surface area contributed by atoms with Gasteiger partial charge in [0.05, 0.1) is 11.8 Å². The molecular weight excluding hydrogens is 608 g/mol. The van der Waals surface area contributed by atoms with Gasteiger partial charge >= 0.3 is 0 Å². The first-order valence-corrected chi connectivity index (χ1v) is 17.7. The number of fused-ring (bicyclic) bond motifs is 5. The molecule has 0 bridgehead atoms. The number of ether oxygens (including phenoxy) is 1.